The van der Waals surface area contributed by atoms with Gasteiger partial charge in [-0.1, -0.05) is 38.2 Å². The van der Waals surface area contributed by atoms with Gasteiger partial charge in [0.25, 0.3) is 0 Å². The molecule has 4 atom stereocenters. The van der Waals surface area contributed by atoms with Gasteiger partial charge in [-0.3, -0.25) is 9.59 Å². The minimum atomic E-state index is -0.903. The summed E-state index contributed by atoms with van der Waals surface area (Å²) in [5, 5.41) is 12.1. The van der Waals surface area contributed by atoms with Crippen LogP contribution in [0.1, 0.15) is 47.5 Å². The van der Waals surface area contributed by atoms with E-state index in [9.17, 15) is 19.5 Å². The fourth-order valence-electron chi connectivity index (χ4n) is 3.23. The van der Waals surface area contributed by atoms with Gasteiger partial charge in [-0.05, 0) is 39.5 Å². The van der Waals surface area contributed by atoms with Crippen LogP contribution in [0, 0.1) is 17.3 Å². The van der Waals surface area contributed by atoms with Crippen LogP contribution in [0.15, 0.2) is 24.3 Å². The summed E-state index contributed by atoms with van der Waals surface area (Å²) in [6.45, 7) is 9.09. The molecule has 0 saturated heterocycles. The Balaban J connectivity index is 0.000000352. The molecule has 2 aliphatic rings. The number of esters is 1. The lowest BCUT2D eigenvalue weighted by Crippen LogP contribution is -2.41. The van der Waals surface area contributed by atoms with E-state index < -0.39 is 23.1 Å². The third-order valence-electron chi connectivity index (χ3n) is 4.93. The SMILES string of the molecule is CC(C)[C@]1(C(=O)O)C=C[C@@H](NC(=O)OC(C)(C)C)C1.COC(=O)[C@H]1C=C[C@@H](N)C1. The summed E-state index contributed by atoms with van der Waals surface area (Å²) in [5.74, 6) is -1.19. The lowest BCUT2D eigenvalue weighted by atomic mass is 9.76. The molecule has 0 radical (unpaired) electrons. The lowest BCUT2D eigenvalue weighted by molar-refractivity contribution is -0.148. The highest BCUT2D eigenvalue weighted by atomic mass is 16.6. The summed E-state index contributed by atoms with van der Waals surface area (Å²) in [4.78, 5) is 33.9. The maximum absolute atomic E-state index is 11.7. The number of carbonyl (C=O) groups is 3. The van der Waals surface area contributed by atoms with Gasteiger partial charge in [0.05, 0.1) is 24.5 Å². The number of hydrogen-bond donors (Lipinski definition) is 3. The number of hydrogen-bond acceptors (Lipinski definition) is 6. The van der Waals surface area contributed by atoms with Crippen LogP contribution in [0.5, 0.6) is 0 Å². The second kappa shape index (κ2) is 9.91. The monoisotopic (exact) mass is 410 g/mol. The Morgan fingerprint density at radius 2 is 1.83 bits per heavy atom. The lowest BCUT2D eigenvalue weighted by Gasteiger charge is -2.28. The van der Waals surface area contributed by atoms with Gasteiger partial charge in [0, 0.05) is 6.04 Å². The molecule has 2 aliphatic carbocycles. The van der Waals surface area contributed by atoms with Gasteiger partial charge < -0.3 is 25.6 Å². The van der Waals surface area contributed by atoms with Crippen LogP contribution in [-0.2, 0) is 19.1 Å². The Morgan fingerprint density at radius 1 is 1.21 bits per heavy atom. The Bertz CT molecular complexity index is 665. The van der Waals surface area contributed by atoms with Crippen LogP contribution < -0.4 is 11.1 Å². The molecular weight excluding hydrogens is 376 g/mol. The van der Waals surface area contributed by atoms with Gasteiger partial charge in [0.2, 0.25) is 0 Å². The topological polar surface area (TPSA) is 128 Å². The maximum Gasteiger partial charge on any atom is 0.408 e. The third kappa shape index (κ3) is 7.20. The molecule has 8 nitrogen and oxygen atoms in total. The van der Waals surface area contributed by atoms with Crippen LogP contribution in [-0.4, -0.2) is 47.9 Å². The Labute approximate surface area is 172 Å². The van der Waals surface area contributed by atoms with E-state index in [1.807, 2.05) is 19.9 Å². The number of carbonyl (C=O) groups excluding carboxylic acids is 2. The smallest absolute Gasteiger partial charge is 0.408 e. The fourth-order valence-corrected chi connectivity index (χ4v) is 3.23. The van der Waals surface area contributed by atoms with E-state index in [2.05, 4.69) is 10.1 Å². The summed E-state index contributed by atoms with van der Waals surface area (Å²) in [6.07, 6.45) is 7.58. The molecule has 164 valence electrons. The van der Waals surface area contributed by atoms with E-state index in [0.717, 1.165) is 0 Å². The van der Waals surface area contributed by atoms with E-state index in [0.29, 0.717) is 12.8 Å². The van der Waals surface area contributed by atoms with Crippen molar-refractivity contribution in [1.29, 1.82) is 0 Å². The summed E-state index contributed by atoms with van der Waals surface area (Å²) >= 11 is 0. The number of alkyl carbamates (subject to hydrolysis) is 1. The first-order chi connectivity index (χ1) is 13.3. The molecule has 0 spiro atoms. The Morgan fingerprint density at radius 3 is 2.21 bits per heavy atom. The van der Waals surface area contributed by atoms with E-state index in [1.165, 1.54) is 7.11 Å². The predicted octanol–water partition coefficient (Wildman–Crippen LogP) is 2.63. The molecule has 0 aromatic carbocycles. The van der Waals surface area contributed by atoms with Crippen LogP contribution in [0.2, 0.25) is 0 Å². The van der Waals surface area contributed by atoms with Gasteiger partial charge in [0.15, 0.2) is 0 Å². The summed E-state index contributed by atoms with van der Waals surface area (Å²) < 4.78 is 9.69. The number of ether oxygens (including phenoxy) is 2. The van der Waals surface area contributed by atoms with E-state index in [1.54, 1.807) is 39.0 Å². The molecular formula is C21H34N2O6. The number of nitrogens with one attached hydrogen (secondary N) is 1. The number of carboxylic acids is 1. The summed E-state index contributed by atoms with van der Waals surface area (Å²) in [7, 11) is 1.39. The molecule has 0 bridgehead atoms. The predicted molar refractivity (Wildman–Crippen MR) is 109 cm³/mol. The van der Waals surface area contributed by atoms with Crippen LogP contribution in [0.3, 0.4) is 0 Å². The van der Waals surface area contributed by atoms with Crippen molar-refractivity contribution in [2.24, 2.45) is 23.0 Å². The molecule has 2 rings (SSSR count). The molecule has 0 saturated carbocycles. The minimum Gasteiger partial charge on any atom is -0.481 e. The summed E-state index contributed by atoms with van der Waals surface area (Å²) in [6, 6.07) is -0.266. The van der Waals surface area contributed by atoms with Crippen LogP contribution in [0.4, 0.5) is 4.79 Å². The number of carboxylic acid groups (broad SMARTS) is 1. The molecule has 0 aromatic heterocycles. The maximum atomic E-state index is 11.7. The number of aliphatic carboxylic acids is 1. The van der Waals surface area contributed by atoms with Gasteiger partial charge in [0.1, 0.15) is 5.60 Å². The molecule has 0 heterocycles. The highest BCUT2D eigenvalue weighted by molar-refractivity contribution is 5.79. The Hall–Kier alpha value is -2.35. The normalized spacial score (nSPS) is 27.9. The van der Waals surface area contributed by atoms with Gasteiger partial charge >= 0.3 is 18.0 Å². The average Bonchev–Trinajstić information content (AvgIpc) is 3.20. The molecule has 0 aliphatic heterocycles. The standard InChI is InChI=1S/C14H23NO4.C7H11NO2/c1-9(2)14(11(16)17)7-6-10(8-14)15-12(18)19-13(3,4)5;1-10-7(9)5-2-3-6(8)4-5/h6-7,9-10H,8H2,1-5H3,(H,15,18)(H,16,17);2-3,5-6H,4,8H2,1H3/t10-,14+;5-,6+/m10/s1. The van der Waals surface area contributed by atoms with E-state index in [4.69, 9.17) is 10.5 Å². The molecule has 4 N–H and O–H groups in total. The zero-order valence-corrected chi connectivity index (χ0v) is 18.1. The van der Waals surface area contributed by atoms with Crippen molar-refractivity contribution in [3.8, 4) is 0 Å². The molecule has 0 aromatic rings. The second-order valence-electron chi connectivity index (χ2n) is 8.73. The van der Waals surface area contributed by atoms with E-state index >= 15 is 0 Å². The van der Waals surface area contributed by atoms with Gasteiger partial charge in [-0.2, -0.15) is 0 Å². The average molecular weight is 411 g/mol. The first kappa shape index (κ1) is 24.7. The van der Waals surface area contributed by atoms with Crippen LogP contribution >= 0.6 is 0 Å². The molecule has 1 amide bonds. The highest BCUT2D eigenvalue weighted by Crippen LogP contribution is 2.39. The third-order valence-corrected chi connectivity index (χ3v) is 4.93. The van der Waals surface area contributed by atoms with Crippen molar-refractivity contribution < 1.29 is 29.0 Å². The zero-order valence-electron chi connectivity index (χ0n) is 18.1. The highest BCUT2D eigenvalue weighted by Gasteiger charge is 2.44. The molecule has 29 heavy (non-hydrogen) atoms. The number of amides is 1. The summed E-state index contributed by atoms with van der Waals surface area (Å²) in [5.41, 5.74) is 4.06. The van der Waals surface area contributed by atoms with Crippen molar-refractivity contribution in [2.75, 3.05) is 7.11 Å². The Kier molecular flexibility index (Phi) is 8.44. The van der Waals surface area contributed by atoms with Crippen molar-refractivity contribution in [3.05, 3.63) is 24.3 Å². The molecule has 0 unspecified atom stereocenters. The van der Waals surface area contributed by atoms with Crippen molar-refractivity contribution >= 4 is 18.0 Å². The van der Waals surface area contributed by atoms with Crippen molar-refractivity contribution in [1.82, 2.24) is 5.32 Å². The van der Waals surface area contributed by atoms with Crippen LogP contribution in [0.25, 0.3) is 0 Å². The number of rotatable bonds is 4. The van der Waals surface area contributed by atoms with Gasteiger partial charge in [-0.25, -0.2) is 4.79 Å². The molecule has 0 fully saturated rings. The molecule has 8 heteroatoms. The zero-order chi connectivity index (χ0) is 22.4. The van der Waals surface area contributed by atoms with Gasteiger partial charge in [-0.15, -0.1) is 0 Å². The van der Waals surface area contributed by atoms with E-state index in [-0.39, 0.29) is 29.9 Å². The second-order valence-corrected chi connectivity index (χ2v) is 8.73. The first-order valence-corrected chi connectivity index (χ1v) is 9.74. The number of methoxy groups -OCH3 is 1. The quantitative estimate of drug-likeness (QED) is 0.480. The number of nitrogens with two attached hydrogens (primary N) is 1. The van der Waals surface area contributed by atoms with Crippen molar-refractivity contribution in [2.45, 2.75) is 65.1 Å². The van der Waals surface area contributed by atoms with Crippen molar-refractivity contribution in [3.63, 3.8) is 0 Å². The largest absolute Gasteiger partial charge is 0.481 e. The fraction of sp³-hybridized carbons (Fsp3) is 0.667. The first-order valence-electron chi connectivity index (χ1n) is 9.74. The minimum absolute atomic E-state index is 0.0316.